The molecule has 0 aliphatic rings. The third-order valence-electron chi connectivity index (χ3n) is 3.57. The summed E-state index contributed by atoms with van der Waals surface area (Å²) in [5.41, 5.74) is 6.51. The number of rotatable bonds is 2. The maximum atomic E-state index is 10.7. The Labute approximate surface area is 123 Å². The molecule has 2 aromatic carbocycles. The van der Waals surface area contributed by atoms with Crippen molar-refractivity contribution in [3.63, 3.8) is 0 Å². The van der Waals surface area contributed by atoms with Crippen molar-refractivity contribution in [2.45, 2.75) is 33.8 Å². The van der Waals surface area contributed by atoms with Crippen LogP contribution in [0, 0.1) is 27.7 Å². The quantitative estimate of drug-likeness (QED) is 0.846. The minimum absolute atomic E-state index is 0.563. The number of aliphatic hydroxyl groups is 1. The van der Waals surface area contributed by atoms with Crippen LogP contribution in [-0.2, 0) is 0 Å². The fourth-order valence-corrected chi connectivity index (χ4v) is 2.78. The zero-order valence-electron chi connectivity index (χ0n) is 11.8. The Morgan fingerprint density at radius 3 is 2.16 bits per heavy atom. The molecule has 1 N–H and O–H groups in total. The predicted octanol–water partition coefficient (Wildman–Crippen LogP) is 4.76. The lowest BCUT2D eigenvalue weighted by molar-refractivity contribution is 0.218. The summed E-state index contributed by atoms with van der Waals surface area (Å²) in [6, 6.07) is 10.3. The summed E-state index contributed by atoms with van der Waals surface area (Å²) in [6.07, 6.45) is -0.563. The Morgan fingerprint density at radius 1 is 0.842 bits per heavy atom. The molecule has 0 aliphatic carbocycles. The van der Waals surface area contributed by atoms with Gasteiger partial charge < -0.3 is 5.11 Å². The molecule has 1 atom stereocenters. The Hall–Kier alpha value is -1.12. The van der Waals surface area contributed by atoms with Crippen LogP contribution >= 0.6 is 15.9 Å². The summed E-state index contributed by atoms with van der Waals surface area (Å²) >= 11 is 3.53. The minimum Gasteiger partial charge on any atom is -0.384 e. The third-order valence-corrected chi connectivity index (χ3v) is 4.43. The molecule has 0 saturated heterocycles. The smallest absolute Gasteiger partial charge is 0.105 e. The Kier molecular flexibility index (Phi) is 4.12. The lowest BCUT2D eigenvalue weighted by Gasteiger charge is -2.18. The van der Waals surface area contributed by atoms with Crippen molar-refractivity contribution < 1.29 is 5.11 Å². The molecule has 0 spiro atoms. The van der Waals surface area contributed by atoms with Gasteiger partial charge in [-0.1, -0.05) is 45.8 Å². The molecular formula is C17H19BrO. The van der Waals surface area contributed by atoms with E-state index in [0.29, 0.717) is 0 Å². The molecule has 0 radical (unpaired) electrons. The second-order valence-corrected chi connectivity index (χ2v) is 6.07. The SMILES string of the molecule is Cc1ccc(C)c(C(O)c2cc(C)c(Br)cc2C)c1. The summed E-state index contributed by atoms with van der Waals surface area (Å²) in [6.45, 7) is 8.17. The summed E-state index contributed by atoms with van der Waals surface area (Å²) < 4.78 is 1.09. The molecule has 0 amide bonds. The van der Waals surface area contributed by atoms with Crippen molar-refractivity contribution in [1.29, 1.82) is 0 Å². The van der Waals surface area contributed by atoms with Gasteiger partial charge in [-0.2, -0.15) is 0 Å². The van der Waals surface area contributed by atoms with Gasteiger partial charge >= 0.3 is 0 Å². The van der Waals surface area contributed by atoms with E-state index in [-0.39, 0.29) is 0 Å². The molecule has 0 bridgehead atoms. The first-order chi connectivity index (χ1) is 8.90. The molecule has 1 unspecified atom stereocenters. The highest BCUT2D eigenvalue weighted by molar-refractivity contribution is 9.10. The Morgan fingerprint density at radius 2 is 1.47 bits per heavy atom. The molecule has 19 heavy (non-hydrogen) atoms. The van der Waals surface area contributed by atoms with Crippen molar-refractivity contribution in [3.05, 3.63) is 68.2 Å². The van der Waals surface area contributed by atoms with Crippen molar-refractivity contribution >= 4 is 15.9 Å². The maximum Gasteiger partial charge on any atom is 0.105 e. The van der Waals surface area contributed by atoms with Gasteiger partial charge in [0.1, 0.15) is 6.10 Å². The van der Waals surface area contributed by atoms with Crippen LogP contribution in [0.2, 0.25) is 0 Å². The highest BCUT2D eigenvalue weighted by Crippen LogP contribution is 2.31. The molecule has 0 fully saturated rings. The van der Waals surface area contributed by atoms with Gasteiger partial charge in [0, 0.05) is 4.47 Å². The molecule has 0 aromatic heterocycles. The van der Waals surface area contributed by atoms with E-state index < -0.39 is 6.10 Å². The summed E-state index contributed by atoms with van der Waals surface area (Å²) in [5.74, 6) is 0. The maximum absolute atomic E-state index is 10.7. The van der Waals surface area contributed by atoms with Crippen LogP contribution in [0.1, 0.15) is 39.5 Å². The molecule has 2 rings (SSSR count). The predicted molar refractivity (Wildman–Crippen MR) is 83.6 cm³/mol. The first-order valence-electron chi connectivity index (χ1n) is 6.42. The highest BCUT2D eigenvalue weighted by atomic mass is 79.9. The number of halogens is 1. The lowest BCUT2D eigenvalue weighted by atomic mass is 9.92. The fraction of sp³-hybridized carbons (Fsp3) is 0.294. The fourth-order valence-electron chi connectivity index (χ4n) is 2.32. The molecule has 0 aliphatic heterocycles. The molecule has 100 valence electrons. The highest BCUT2D eigenvalue weighted by Gasteiger charge is 2.16. The molecule has 0 heterocycles. The molecule has 1 nitrogen and oxygen atoms in total. The van der Waals surface area contributed by atoms with Gasteiger partial charge in [0.15, 0.2) is 0 Å². The molecule has 2 aromatic rings. The van der Waals surface area contributed by atoms with Crippen LogP contribution in [0.4, 0.5) is 0 Å². The first-order valence-corrected chi connectivity index (χ1v) is 7.21. The molecule has 0 saturated carbocycles. The largest absolute Gasteiger partial charge is 0.384 e. The minimum atomic E-state index is -0.563. The topological polar surface area (TPSA) is 20.2 Å². The molecule has 2 heteroatoms. The van der Waals surface area contributed by atoms with Gasteiger partial charge in [-0.25, -0.2) is 0 Å². The number of aliphatic hydroxyl groups excluding tert-OH is 1. The van der Waals surface area contributed by atoms with Crippen LogP contribution in [0.3, 0.4) is 0 Å². The van der Waals surface area contributed by atoms with Gasteiger partial charge in [0.2, 0.25) is 0 Å². The van der Waals surface area contributed by atoms with Gasteiger partial charge in [-0.3, -0.25) is 0 Å². The van der Waals surface area contributed by atoms with Crippen molar-refractivity contribution in [3.8, 4) is 0 Å². The van der Waals surface area contributed by atoms with E-state index >= 15 is 0 Å². The number of hydrogen-bond donors (Lipinski definition) is 1. The van der Waals surface area contributed by atoms with Crippen LogP contribution in [0.15, 0.2) is 34.8 Å². The number of benzene rings is 2. The lowest BCUT2D eigenvalue weighted by Crippen LogP contribution is -2.05. The van der Waals surface area contributed by atoms with E-state index in [9.17, 15) is 5.11 Å². The standard InChI is InChI=1S/C17H19BrO/c1-10-5-6-11(2)14(7-10)17(19)15-8-13(4)16(18)9-12(15)3/h5-9,17,19H,1-4H3. The van der Waals surface area contributed by atoms with Crippen LogP contribution < -0.4 is 0 Å². The van der Waals surface area contributed by atoms with Gasteiger partial charge in [-0.15, -0.1) is 0 Å². The van der Waals surface area contributed by atoms with Crippen molar-refractivity contribution in [2.24, 2.45) is 0 Å². The van der Waals surface area contributed by atoms with Crippen LogP contribution in [-0.4, -0.2) is 5.11 Å². The van der Waals surface area contributed by atoms with E-state index in [1.807, 2.05) is 20.8 Å². The Bertz CT molecular complexity index is 617. The summed E-state index contributed by atoms with van der Waals surface area (Å²) in [7, 11) is 0. The van der Waals surface area contributed by atoms with E-state index in [1.54, 1.807) is 0 Å². The van der Waals surface area contributed by atoms with E-state index in [0.717, 1.165) is 32.3 Å². The zero-order chi connectivity index (χ0) is 14.2. The van der Waals surface area contributed by atoms with E-state index in [2.05, 4.69) is 53.2 Å². The summed E-state index contributed by atoms with van der Waals surface area (Å²) in [4.78, 5) is 0. The first kappa shape index (κ1) is 14.3. The Balaban J connectivity index is 2.52. The number of aryl methyl sites for hydroxylation is 4. The van der Waals surface area contributed by atoms with E-state index in [4.69, 9.17) is 0 Å². The van der Waals surface area contributed by atoms with Gasteiger partial charge in [0.25, 0.3) is 0 Å². The van der Waals surface area contributed by atoms with E-state index in [1.165, 1.54) is 5.56 Å². The van der Waals surface area contributed by atoms with Crippen molar-refractivity contribution in [2.75, 3.05) is 0 Å². The number of hydrogen-bond acceptors (Lipinski definition) is 1. The second-order valence-electron chi connectivity index (χ2n) is 5.22. The van der Waals surface area contributed by atoms with Crippen LogP contribution in [0.5, 0.6) is 0 Å². The monoisotopic (exact) mass is 318 g/mol. The van der Waals surface area contributed by atoms with Crippen LogP contribution in [0.25, 0.3) is 0 Å². The second kappa shape index (κ2) is 5.48. The normalized spacial score (nSPS) is 12.5. The molecular weight excluding hydrogens is 300 g/mol. The zero-order valence-corrected chi connectivity index (χ0v) is 13.4. The average Bonchev–Trinajstić information content (AvgIpc) is 2.36. The summed E-state index contributed by atoms with van der Waals surface area (Å²) in [5, 5.41) is 10.7. The third kappa shape index (κ3) is 2.90. The average molecular weight is 319 g/mol. The van der Waals surface area contributed by atoms with Gasteiger partial charge in [0.05, 0.1) is 0 Å². The van der Waals surface area contributed by atoms with Gasteiger partial charge in [-0.05, 0) is 61.6 Å². The van der Waals surface area contributed by atoms with Crippen molar-refractivity contribution in [1.82, 2.24) is 0 Å².